The van der Waals surface area contributed by atoms with Gasteiger partial charge in [0, 0.05) is 20.3 Å². The van der Waals surface area contributed by atoms with Crippen LogP contribution in [-0.4, -0.2) is 38.9 Å². The van der Waals surface area contributed by atoms with Crippen molar-refractivity contribution in [1.82, 2.24) is 10.2 Å². The van der Waals surface area contributed by atoms with Crippen molar-refractivity contribution in [3.05, 3.63) is 40.4 Å². The molecule has 0 saturated carbocycles. The van der Waals surface area contributed by atoms with Crippen LogP contribution >= 0.6 is 23.2 Å². The molecule has 1 aromatic carbocycles. The molecule has 2 N–H and O–H groups in total. The molecule has 0 bridgehead atoms. The molecular formula is C14H16Cl2N4O3S. The largest absolute Gasteiger partial charge is 0.385 e. The molecule has 10 heteroatoms. The second-order valence-corrected chi connectivity index (χ2v) is 7.26. The summed E-state index contributed by atoms with van der Waals surface area (Å²) in [4.78, 5) is -0.0135. The number of nitrogens with one attached hydrogen (secondary N) is 2. The van der Waals surface area contributed by atoms with E-state index < -0.39 is 10.0 Å². The minimum absolute atomic E-state index is 0.0135. The molecule has 24 heavy (non-hydrogen) atoms. The molecule has 0 aliphatic heterocycles. The van der Waals surface area contributed by atoms with Crippen LogP contribution in [0.4, 0.5) is 11.6 Å². The van der Waals surface area contributed by atoms with Crippen molar-refractivity contribution in [3.8, 4) is 0 Å². The second-order valence-electron chi connectivity index (χ2n) is 4.76. The Morgan fingerprint density at radius 2 is 1.79 bits per heavy atom. The zero-order chi connectivity index (χ0) is 17.6. The number of hydrogen-bond donors (Lipinski definition) is 2. The van der Waals surface area contributed by atoms with Gasteiger partial charge < -0.3 is 10.1 Å². The zero-order valence-electron chi connectivity index (χ0n) is 12.8. The number of ether oxygens (including phenoxy) is 1. The quantitative estimate of drug-likeness (QED) is 0.672. The Morgan fingerprint density at radius 3 is 2.42 bits per heavy atom. The number of halogens is 2. The van der Waals surface area contributed by atoms with E-state index in [9.17, 15) is 8.42 Å². The van der Waals surface area contributed by atoms with E-state index in [-0.39, 0.29) is 20.8 Å². The number of anilines is 2. The average molecular weight is 391 g/mol. The fourth-order valence-corrected chi connectivity index (χ4v) is 3.14. The molecule has 0 aliphatic carbocycles. The van der Waals surface area contributed by atoms with E-state index in [2.05, 4.69) is 20.2 Å². The van der Waals surface area contributed by atoms with Crippen LogP contribution in [0, 0.1) is 0 Å². The first-order valence-corrected chi connectivity index (χ1v) is 9.21. The molecule has 0 saturated heterocycles. The summed E-state index contributed by atoms with van der Waals surface area (Å²) in [5, 5.41) is 11.2. The van der Waals surface area contributed by atoms with Crippen LogP contribution < -0.4 is 10.0 Å². The predicted octanol–water partition coefficient (Wildman–Crippen LogP) is 3.03. The standard InChI is InChI=1S/C14H16Cl2N4O3S/c1-23-8-2-7-17-13-5-6-14(19-18-13)20-24(21,22)10-3-4-11(15)12(16)9-10/h3-6,9H,2,7-8H2,1H3,(H,17,18)(H,19,20). The summed E-state index contributed by atoms with van der Waals surface area (Å²) < 4.78 is 31.8. The molecule has 0 spiro atoms. The summed E-state index contributed by atoms with van der Waals surface area (Å²) in [7, 11) is -2.19. The lowest BCUT2D eigenvalue weighted by molar-refractivity contribution is 0.197. The highest BCUT2D eigenvalue weighted by molar-refractivity contribution is 7.92. The Bertz CT molecular complexity index is 785. The van der Waals surface area contributed by atoms with Crippen LogP contribution in [0.5, 0.6) is 0 Å². The summed E-state index contributed by atoms with van der Waals surface area (Å²) in [6.45, 7) is 1.32. The lowest BCUT2D eigenvalue weighted by atomic mass is 10.4. The van der Waals surface area contributed by atoms with Gasteiger partial charge in [0.15, 0.2) is 5.82 Å². The Morgan fingerprint density at radius 1 is 1.08 bits per heavy atom. The van der Waals surface area contributed by atoms with Gasteiger partial charge in [0.1, 0.15) is 5.82 Å². The molecule has 2 aromatic rings. The molecule has 0 atom stereocenters. The first-order chi connectivity index (χ1) is 11.4. The van der Waals surface area contributed by atoms with Crippen molar-refractivity contribution in [2.45, 2.75) is 11.3 Å². The van der Waals surface area contributed by atoms with E-state index in [1.165, 1.54) is 24.3 Å². The third kappa shape index (κ3) is 5.20. The average Bonchev–Trinajstić information content (AvgIpc) is 2.55. The molecule has 0 aliphatic rings. The van der Waals surface area contributed by atoms with Crippen molar-refractivity contribution in [2.75, 3.05) is 30.3 Å². The highest BCUT2D eigenvalue weighted by Crippen LogP contribution is 2.25. The maximum Gasteiger partial charge on any atom is 0.263 e. The van der Waals surface area contributed by atoms with E-state index in [1.54, 1.807) is 13.2 Å². The lowest BCUT2D eigenvalue weighted by Gasteiger charge is -2.09. The fraction of sp³-hybridized carbons (Fsp3) is 0.286. The minimum Gasteiger partial charge on any atom is -0.385 e. The molecule has 0 fully saturated rings. The van der Waals surface area contributed by atoms with Gasteiger partial charge in [0.25, 0.3) is 10.0 Å². The van der Waals surface area contributed by atoms with E-state index in [0.717, 1.165) is 6.42 Å². The van der Waals surface area contributed by atoms with Crippen LogP contribution in [0.1, 0.15) is 6.42 Å². The summed E-state index contributed by atoms with van der Waals surface area (Å²) in [6.07, 6.45) is 0.823. The van der Waals surface area contributed by atoms with Crippen molar-refractivity contribution in [1.29, 1.82) is 0 Å². The second kappa shape index (κ2) is 8.48. The topological polar surface area (TPSA) is 93.2 Å². The summed E-state index contributed by atoms with van der Waals surface area (Å²) in [5.41, 5.74) is 0. The number of benzene rings is 1. The number of aromatic nitrogens is 2. The van der Waals surface area contributed by atoms with Gasteiger partial charge in [-0.1, -0.05) is 23.2 Å². The third-order valence-corrected chi connectivity index (χ3v) is 5.03. The molecule has 7 nitrogen and oxygen atoms in total. The van der Waals surface area contributed by atoms with E-state index in [0.29, 0.717) is 19.0 Å². The minimum atomic E-state index is -3.82. The molecule has 1 heterocycles. The molecule has 0 radical (unpaired) electrons. The molecule has 0 amide bonds. The van der Waals surface area contributed by atoms with Crippen molar-refractivity contribution in [2.24, 2.45) is 0 Å². The van der Waals surface area contributed by atoms with Gasteiger partial charge in [-0.05, 0) is 36.8 Å². The normalized spacial score (nSPS) is 11.3. The Kier molecular flexibility index (Phi) is 6.61. The number of methoxy groups -OCH3 is 1. The van der Waals surface area contributed by atoms with E-state index in [1.807, 2.05) is 0 Å². The fourth-order valence-electron chi connectivity index (χ4n) is 1.75. The lowest BCUT2D eigenvalue weighted by Crippen LogP contribution is -2.15. The first-order valence-electron chi connectivity index (χ1n) is 6.97. The summed E-state index contributed by atoms with van der Waals surface area (Å²) in [5.74, 6) is 0.645. The molecule has 1 aromatic heterocycles. The highest BCUT2D eigenvalue weighted by atomic mass is 35.5. The molecular weight excluding hydrogens is 375 g/mol. The van der Waals surface area contributed by atoms with E-state index in [4.69, 9.17) is 27.9 Å². The van der Waals surface area contributed by atoms with Crippen molar-refractivity contribution >= 4 is 44.9 Å². The number of nitrogens with zero attached hydrogens (tertiary/aromatic N) is 2. The Hall–Kier alpha value is -1.61. The van der Waals surface area contributed by atoms with Gasteiger partial charge >= 0.3 is 0 Å². The van der Waals surface area contributed by atoms with Gasteiger partial charge in [-0.2, -0.15) is 0 Å². The van der Waals surface area contributed by atoms with Crippen LogP contribution in [-0.2, 0) is 14.8 Å². The van der Waals surface area contributed by atoms with E-state index >= 15 is 0 Å². The monoisotopic (exact) mass is 390 g/mol. The number of rotatable bonds is 8. The molecule has 130 valence electrons. The van der Waals surface area contributed by atoms with Gasteiger partial charge in [-0.15, -0.1) is 10.2 Å². The van der Waals surface area contributed by atoms with Crippen LogP contribution in [0.2, 0.25) is 10.0 Å². The van der Waals surface area contributed by atoms with Crippen molar-refractivity contribution in [3.63, 3.8) is 0 Å². The summed E-state index contributed by atoms with van der Waals surface area (Å²) >= 11 is 11.6. The predicted molar refractivity (Wildman–Crippen MR) is 94.3 cm³/mol. The maximum absolute atomic E-state index is 12.3. The smallest absolute Gasteiger partial charge is 0.263 e. The van der Waals surface area contributed by atoms with Crippen LogP contribution in [0.15, 0.2) is 35.2 Å². The van der Waals surface area contributed by atoms with Gasteiger partial charge in [-0.3, -0.25) is 4.72 Å². The number of hydrogen-bond acceptors (Lipinski definition) is 6. The van der Waals surface area contributed by atoms with Crippen molar-refractivity contribution < 1.29 is 13.2 Å². The Balaban J connectivity index is 2.03. The van der Waals surface area contributed by atoms with Gasteiger partial charge in [-0.25, -0.2) is 8.42 Å². The maximum atomic E-state index is 12.3. The van der Waals surface area contributed by atoms with Gasteiger partial charge in [0.05, 0.1) is 14.9 Å². The number of sulfonamides is 1. The zero-order valence-corrected chi connectivity index (χ0v) is 15.1. The molecule has 2 rings (SSSR count). The highest BCUT2D eigenvalue weighted by Gasteiger charge is 2.16. The first kappa shape index (κ1) is 18.7. The third-order valence-electron chi connectivity index (χ3n) is 2.94. The van der Waals surface area contributed by atoms with Crippen LogP contribution in [0.3, 0.4) is 0 Å². The Labute approximate surface area is 150 Å². The van der Waals surface area contributed by atoms with Gasteiger partial charge in [0.2, 0.25) is 0 Å². The SMILES string of the molecule is COCCCNc1ccc(NS(=O)(=O)c2ccc(Cl)c(Cl)c2)nn1. The molecule has 0 unspecified atom stereocenters. The summed E-state index contributed by atoms with van der Waals surface area (Å²) in [6, 6.07) is 7.19. The van der Waals surface area contributed by atoms with Crippen LogP contribution in [0.25, 0.3) is 0 Å².